The zero-order valence-electron chi connectivity index (χ0n) is 16.1. The average Bonchev–Trinajstić information content (AvgIpc) is 3.52. The fraction of sp³-hybridized carbons (Fsp3) is 0.684. The number of hydrogen-bond acceptors (Lipinski definition) is 5. The van der Waals surface area contributed by atoms with Gasteiger partial charge in [0, 0.05) is 38.3 Å². The lowest BCUT2D eigenvalue weighted by molar-refractivity contribution is 0.111. The van der Waals surface area contributed by atoms with E-state index in [-0.39, 0.29) is 15.8 Å². The van der Waals surface area contributed by atoms with Crippen LogP contribution >= 0.6 is 0 Å². The van der Waals surface area contributed by atoms with E-state index in [4.69, 9.17) is 0 Å². The van der Waals surface area contributed by atoms with Crippen LogP contribution in [0.4, 0.5) is 0 Å². The largest absolute Gasteiger partial charge is 0.298 e. The number of benzene rings is 1. The highest BCUT2D eigenvalue weighted by molar-refractivity contribution is 7.89. The highest BCUT2D eigenvalue weighted by atomic mass is 32.2. The van der Waals surface area contributed by atoms with Gasteiger partial charge in [-0.2, -0.15) is 4.31 Å². The summed E-state index contributed by atoms with van der Waals surface area (Å²) in [5.41, 5.74) is 0. The van der Waals surface area contributed by atoms with Gasteiger partial charge in [0.15, 0.2) is 0 Å². The molecule has 1 aromatic rings. The number of hydrogen-bond donors (Lipinski definition) is 1. The molecule has 0 amide bonds. The maximum Gasteiger partial charge on any atom is 0.243 e. The summed E-state index contributed by atoms with van der Waals surface area (Å²) in [4.78, 5) is 2.70. The molecule has 2 saturated carbocycles. The molecule has 156 valence electrons. The molecule has 7 nitrogen and oxygen atoms in total. The molecule has 9 heteroatoms. The summed E-state index contributed by atoms with van der Waals surface area (Å²) in [6, 6.07) is 6.20. The molecule has 4 rings (SSSR count). The lowest BCUT2D eigenvalue weighted by atomic mass is 9.94. The SMILES string of the molecule is O=S(=O)(NC1CC1)c1ccc(S(=O)(=O)N2CCN(C3CCCCC3)CC2)cc1. The first-order valence-electron chi connectivity index (χ1n) is 10.2. The molecule has 3 fully saturated rings. The Balaban J connectivity index is 1.40. The van der Waals surface area contributed by atoms with Crippen molar-refractivity contribution < 1.29 is 16.8 Å². The van der Waals surface area contributed by atoms with Gasteiger partial charge in [0.2, 0.25) is 20.0 Å². The maximum atomic E-state index is 13.0. The van der Waals surface area contributed by atoms with Crippen molar-refractivity contribution in [2.24, 2.45) is 0 Å². The van der Waals surface area contributed by atoms with E-state index >= 15 is 0 Å². The van der Waals surface area contributed by atoms with E-state index in [9.17, 15) is 16.8 Å². The van der Waals surface area contributed by atoms with Crippen LogP contribution in [0.15, 0.2) is 34.1 Å². The molecule has 1 aliphatic heterocycles. The van der Waals surface area contributed by atoms with Crippen LogP contribution < -0.4 is 4.72 Å². The van der Waals surface area contributed by atoms with Crippen molar-refractivity contribution in [3.63, 3.8) is 0 Å². The van der Waals surface area contributed by atoms with Gasteiger partial charge in [0.1, 0.15) is 0 Å². The van der Waals surface area contributed by atoms with E-state index in [0.717, 1.165) is 25.9 Å². The van der Waals surface area contributed by atoms with Gasteiger partial charge >= 0.3 is 0 Å². The van der Waals surface area contributed by atoms with Crippen molar-refractivity contribution in [3.8, 4) is 0 Å². The van der Waals surface area contributed by atoms with Crippen LogP contribution in [0, 0.1) is 0 Å². The van der Waals surface area contributed by atoms with Crippen LogP contribution in [0.1, 0.15) is 44.9 Å². The second kappa shape index (κ2) is 8.02. The van der Waals surface area contributed by atoms with Crippen molar-refractivity contribution in [3.05, 3.63) is 24.3 Å². The first-order chi connectivity index (χ1) is 13.4. The molecule has 3 aliphatic rings. The zero-order chi connectivity index (χ0) is 19.8. The molecule has 2 aliphatic carbocycles. The summed E-state index contributed by atoms with van der Waals surface area (Å²) in [7, 11) is -7.17. The van der Waals surface area contributed by atoms with Gasteiger partial charge in [-0.15, -0.1) is 0 Å². The minimum atomic E-state index is -3.60. The monoisotopic (exact) mass is 427 g/mol. The van der Waals surface area contributed by atoms with Crippen LogP contribution in [-0.4, -0.2) is 64.3 Å². The standard InChI is InChI=1S/C19H29N3O4S2/c23-27(24,20-16-6-7-16)18-8-10-19(11-9-18)28(25,26)22-14-12-21(13-15-22)17-4-2-1-3-5-17/h8-11,16-17,20H,1-7,12-15H2. The molecule has 1 saturated heterocycles. The molecule has 1 aromatic carbocycles. The predicted molar refractivity (Wildman–Crippen MR) is 107 cm³/mol. The summed E-state index contributed by atoms with van der Waals surface area (Å²) >= 11 is 0. The smallest absolute Gasteiger partial charge is 0.243 e. The quantitative estimate of drug-likeness (QED) is 0.748. The molecule has 1 heterocycles. The van der Waals surface area contributed by atoms with Gasteiger partial charge in [0.05, 0.1) is 9.79 Å². The fourth-order valence-electron chi connectivity index (χ4n) is 4.18. The molecular weight excluding hydrogens is 398 g/mol. The zero-order valence-corrected chi connectivity index (χ0v) is 17.7. The summed E-state index contributed by atoms with van der Waals surface area (Å²) in [5.74, 6) is 0. The number of sulfonamides is 2. The van der Waals surface area contributed by atoms with Crippen LogP contribution in [0.3, 0.4) is 0 Å². The van der Waals surface area contributed by atoms with E-state index in [0.29, 0.717) is 19.1 Å². The summed E-state index contributed by atoms with van der Waals surface area (Å²) in [6.45, 7) is 2.51. The first kappa shape index (κ1) is 20.3. The van der Waals surface area contributed by atoms with Crippen molar-refractivity contribution in [1.29, 1.82) is 0 Å². The van der Waals surface area contributed by atoms with Gasteiger partial charge in [-0.05, 0) is 49.9 Å². The Labute approximate surface area is 168 Å². The predicted octanol–water partition coefficient (Wildman–Crippen LogP) is 1.77. The number of nitrogens with zero attached hydrogens (tertiary/aromatic N) is 2. The van der Waals surface area contributed by atoms with Crippen molar-refractivity contribution in [1.82, 2.24) is 13.9 Å². The molecule has 0 bridgehead atoms. The fourth-order valence-corrected chi connectivity index (χ4v) is 6.91. The number of nitrogens with one attached hydrogen (secondary N) is 1. The van der Waals surface area contributed by atoms with Crippen LogP contribution in [-0.2, 0) is 20.0 Å². The molecule has 0 atom stereocenters. The molecule has 0 unspecified atom stereocenters. The second-order valence-corrected chi connectivity index (χ2v) is 11.8. The summed E-state index contributed by atoms with van der Waals surface area (Å²) < 4.78 is 54.6. The van der Waals surface area contributed by atoms with E-state index < -0.39 is 20.0 Å². The minimum absolute atomic E-state index is 0.0221. The Kier molecular flexibility index (Phi) is 5.81. The van der Waals surface area contributed by atoms with Crippen LogP contribution in [0.25, 0.3) is 0 Å². The van der Waals surface area contributed by atoms with Crippen molar-refractivity contribution >= 4 is 20.0 Å². The summed E-state index contributed by atoms with van der Waals surface area (Å²) in [6.07, 6.45) is 8.01. The van der Waals surface area contributed by atoms with Gasteiger partial charge < -0.3 is 0 Å². The van der Waals surface area contributed by atoms with E-state index in [2.05, 4.69) is 9.62 Å². The highest BCUT2D eigenvalue weighted by Crippen LogP contribution is 2.26. The van der Waals surface area contributed by atoms with Gasteiger partial charge in [-0.25, -0.2) is 21.6 Å². The Morgan fingerprint density at radius 3 is 1.89 bits per heavy atom. The molecule has 0 radical (unpaired) electrons. The molecule has 1 N–H and O–H groups in total. The average molecular weight is 428 g/mol. The van der Waals surface area contributed by atoms with Crippen LogP contribution in [0.5, 0.6) is 0 Å². The van der Waals surface area contributed by atoms with Crippen molar-refractivity contribution in [2.75, 3.05) is 26.2 Å². The lowest BCUT2D eigenvalue weighted by Crippen LogP contribution is -2.52. The van der Waals surface area contributed by atoms with Gasteiger partial charge in [-0.1, -0.05) is 19.3 Å². The molecule has 28 heavy (non-hydrogen) atoms. The number of rotatable bonds is 6. The lowest BCUT2D eigenvalue weighted by Gasteiger charge is -2.40. The number of piperazine rings is 1. The normalized spacial score (nSPS) is 23.7. The van der Waals surface area contributed by atoms with Crippen LogP contribution in [0.2, 0.25) is 0 Å². The highest BCUT2D eigenvalue weighted by Gasteiger charge is 2.32. The third-order valence-corrected chi connectivity index (χ3v) is 9.48. The topological polar surface area (TPSA) is 86.8 Å². The Morgan fingerprint density at radius 1 is 0.750 bits per heavy atom. The second-order valence-electron chi connectivity index (χ2n) is 8.10. The molecular formula is C19H29N3O4S2. The Morgan fingerprint density at radius 2 is 1.32 bits per heavy atom. The Hall–Kier alpha value is -1.00. The third kappa shape index (κ3) is 4.43. The molecule has 0 aromatic heterocycles. The van der Waals surface area contributed by atoms with E-state index in [1.807, 2.05) is 0 Å². The van der Waals surface area contributed by atoms with Gasteiger partial charge in [0.25, 0.3) is 0 Å². The first-order valence-corrected chi connectivity index (χ1v) is 13.2. The minimum Gasteiger partial charge on any atom is -0.298 e. The Bertz CT molecular complexity index is 882. The maximum absolute atomic E-state index is 13.0. The summed E-state index contributed by atoms with van der Waals surface area (Å²) in [5, 5.41) is 0. The molecule has 0 spiro atoms. The van der Waals surface area contributed by atoms with E-state index in [1.54, 1.807) is 0 Å². The van der Waals surface area contributed by atoms with Crippen molar-refractivity contribution in [2.45, 2.75) is 66.8 Å². The van der Waals surface area contributed by atoms with E-state index in [1.165, 1.54) is 60.7 Å². The van der Waals surface area contributed by atoms with Gasteiger partial charge in [-0.3, -0.25) is 4.90 Å². The third-order valence-electron chi connectivity index (χ3n) is 6.04.